The number of hydrogen-bond acceptors (Lipinski definition) is 9. The number of methoxy groups -OCH3 is 1. The fourth-order valence-electron chi connectivity index (χ4n) is 4.08. The number of hydrogen-bond donors (Lipinski definition) is 0. The van der Waals surface area contributed by atoms with Gasteiger partial charge in [-0.05, 0) is 59.8 Å². The lowest BCUT2D eigenvalue weighted by Gasteiger charge is -2.38. The number of anilines is 2. The van der Waals surface area contributed by atoms with E-state index in [4.69, 9.17) is 14.2 Å². The van der Waals surface area contributed by atoms with Gasteiger partial charge in [0.25, 0.3) is 5.91 Å². The Hall–Kier alpha value is -3.89. The first-order valence-electron chi connectivity index (χ1n) is 11.0. The predicted octanol–water partition coefficient (Wildman–Crippen LogP) is 4.89. The zero-order valence-corrected chi connectivity index (χ0v) is 20.6. The molecule has 0 aliphatic carbocycles. The van der Waals surface area contributed by atoms with Gasteiger partial charge in [-0.15, -0.1) is 0 Å². The summed E-state index contributed by atoms with van der Waals surface area (Å²) in [4.78, 5) is 28.8. The highest BCUT2D eigenvalue weighted by molar-refractivity contribution is 8.29. The zero-order valence-electron chi connectivity index (χ0n) is 19.0. The van der Waals surface area contributed by atoms with Gasteiger partial charge in [0.2, 0.25) is 16.2 Å². The number of hydrazone groups is 1. The molecule has 10 heteroatoms. The summed E-state index contributed by atoms with van der Waals surface area (Å²) in [6.45, 7) is 0.171. The lowest BCUT2D eigenvalue weighted by molar-refractivity contribution is -0.132. The summed E-state index contributed by atoms with van der Waals surface area (Å²) in [7, 11) is 1.32. The fraction of sp³-hybridized carbons (Fsp3) is 0.115. The molecule has 3 aromatic rings. The van der Waals surface area contributed by atoms with Gasteiger partial charge in [0.05, 0.1) is 17.7 Å². The lowest BCUT2D eigenvalue weighted by Crippen LogP contribution is -2.51. The summed E-state index contributed by atoms with van der Waals surface area (Å²) in [6.07, 6.45) is 1.82. The van der Waals surface area contributed by atoms with E-state index in [2.05, 4.69) is 5.10 Å². The average Bonchev–Trinajstić information content (AvgIpc) is 3.60. The molecule has 180 valence electrons. The van der Waals surface area contributed by atoms with E-state index in [-0.39, 0.29) is 17.7 Å². The van der Waals surface area contributed by atoms with Crippen LogP contribution in [0.4, 0.5) is 11.4 Å². The first-order valence-corrected chi connectivity index (χ1v) is 12.6. The van der Waals surface area contributed by atoms with Gasteiger partial charge >= 0.3 is 5.97 Å². The van der Waals surface area contributed by atoms with E-state index >= 15 is 0 Å². The molecule has 0 N–H and O–H groups in total. The van der Waals surface area contributed by atoms with Crippen molar-refractivity contribution in [2.24, 2.45) is 5.10 Å². The highest BCUT2D eigenvalue weighted by atomic mass is 32.2. The summed E-state index contributed by atoms with van der Waals surface area (Å²) < 4.78 is 14.8. The molecule has 6 rings (SSSR count). The normalized spacial score (nSPS) is 21.4. The van der Waals surface area contributed by atoms with Gasteiger partial charge < -0.3 is 14.2 Å². The Labute approximate surface area is 215 Å². The topological polar surface area (TPSA) is 80.7 Å². The Morgan fingerprint density at radius 2 is 1.67 bits per heavy atom. The Bertz CT molecular complexity index is 1410. The molecule has 3 aromatic carbocycles. The quantitative estimate of drug-likeness (QED) is 0.358. The number of carbonyl (C=O) groups is 2. The third-order valence-corrected chi connectivity index (χ3v) is 8.39. The minimum absolute atomic E-state index is 0.159. The zero-order chi connectivity index (χ0) is 24.7. The maximum atomic E-state index is 14.0. The van der Waals surface area contributed by atoms with Crippen molar-refractivity contribution in [3.63, 3.8) is 0 Å². The summed E-state index contributed by atoms with van der Waals surface area (Å²) >= 11 is 2.51. The summed E-state index contributed by atoms with van der Waals surface area (Å²) in [5, 5.41) is 6.49. The van der Waals surface area contributed by atoms with Crippen molar-refractivity contribution in [2.75, 3.05) is 23.8 Å². The van der Waals surface area contributed by atoms with E-state index < -0.39 is 10.3 Å². The standard InChI is InChI=1S/C26H19N3O5S2/c1-32-25(31)23-27-29(19-10-6-3-7-11-19)26(36-23)28(18-8-4-2-5-9-18)24(30)22(35-26)15-17-12-13-20-21(14-17)34-16-33-20/h2-15H,16H2,1H3. The van der Waals surface area contributed by atoms with E-state index in [9.17, 15) is 9.59 Å². The number of benzene rings is 3. The summed E-state index contributed by atoms with van der Waals surface area (Å²) in [6, 6.07) is 24.3. The molecular weight excluding hydrogens is 498 g/mol. The maximum absolute atomic E-state index is 14.0. The molecule has 1 spiro atoms. The van der Waals surface area contributed by atoms with Gasteiger partial charge in [-0.25, -0.2) is 9.80 Å². The van der Waals surface area contributed by atoms with Crippen molar-refractivity contribution in [3.8, 4) is 11.5 Å². The third kappa shape index (κ3) is 3.69. The number of amides is 1. The molecule has 3 aliphatic heterocycles. The number of fused-ring (bicyclic) bond motifs is 1. The Kier molecular flexibility index (Phi) is 5.62. The second-order valence-electron chi connectivity index (χ2n) is 7.89. The second kappa shape index (κ2) is 8.96. The smallest absolute Gasteiger partial charge is 0.365 e. The highest BCUT2D eigenvalue weighted by Crippen LogP contribution is 2.59. The molecule has 36 heavy (non-hydrogen) atoms. The predicted molar refractivity (Wildman–Crippen MR) is 141 cm³/mol. The van der Waals surface area contributed by atoms with Gasteiger partial charge in [-0.2, -0.15) is 5.10 Å². The van der Waals surface area contributed by atoms with E-state index in [0.717, 1.165) is 11.3 Å². The van der Waals surface area contributed by atoms with E-state index in [0.29, 0.717) is 22.1 Å². The highest BCUT2D eigenvalue weighted by Gasteiger charge is 2.60. The van der Waals surface area contributed by atoms with Crippen LogP contribution in [0.2, 0.25) is 0 Å². The summed E-state index contributed by atoms with van der Waals surface area (Å²) in [5.74, 6) is 0.528. The number of rotatable bonds is 4. The van der Waals surface area contributed by atoms with Crippen molar-refractivity contribution >= 4 is 57.9 Å². The van der Waals surface area contributed by atoms with Crippen LogP contribution in [0, 0.1) is 0 Å². The molecule has 1 unspecified atom stereocenters. The van der Waals surface area contributed by atoms with Crippen molar-refractivity contribution < 1.29 is 23.8 Å². The van der Waals surface area contributed by atoms with Gasteiger partial charge in [0, 0.05) is 5.69 Å². The minimum Gasteiger partial charge on any atom is -0.464 e. The molecule has 0 radical (unpaired) electrons. The Balaban J connectivity index is 1.49. The first-order chi connectivity index (χ1) is 17.6. The Morgan fingerprint density at radius 1 is 0.972 bits per heavy atom. The molecule has 3 aliphatic rings. The first kappa shape index (κ1) is 22.6. The molecule has 0 bridgehead atoms. The van der Waals surface area contributed by atoms with Gasteiger partial charge in [0.1, 0.15) is 0 Å². The third-order valence-electron chi connectivity index (χ3n) is 5.70. The van der Waals surface area contributed by atoms with Crippen LogP contribution in [0.15, 0.2) is 88.9 Å². The molecule has 0 aromatic heterocycles. The maximum Gasteiger partial charge on any atom is 0.365 e. The van der Waals surface area contributed by atoms with E-state index in [1.807, 2.05) is 84.9 Å². The van der Waals surface area contributed by atoms with Crippen LogP contribution in [-0.2, 0) is 14.3 Å². The molecule has 8 nitrogen and oxygen atoms in total. The molecular formula is C26H19N3O5S2. The summed E-state index contributed by atoms with van der Waals surface area (Å²) in [5.41, 5.74) is 2.21. The van der Waals surface area contributed by atoms with Crippen LogP contribution in [0.3, 0.4) is 0 Å². The molecule has 1 atom stereocenters. The van der Waals surface area contributed by atoms with Crippen molar-refractivity contribution in [2.45, 2.75) is 4.33 Å². The van der Waals surface area contributed by atoms with Crippen LogP contribution in [0.5, 0.6) is 11.5 Å². The number of thioether (sulfide) groups is 2. The van der Waals surface area contributed by atoms with Crippen LogP contribution in [0.25, 0.3) is 6.08 Å². The molecule has 1 saturated heterocycles. The van der Waals surface area contributed by atoms with Crippen LogP contribution < -0.4 is 19.4 Å². The van der Waals surface area contributed by atoms with Crippen molar-refractivity contribution in [1.82, 2.24) is 0 Å². The lowest BCUT2D eigenvalue weighted by atomic mass is 10.2. The number of ether oxygens (including phenoxy) is 3. The SMILES string of the molecule is COC(=O)C1=NN(c2ccccc2)C2(SC(=Cc3ccc4c(c3)OCO4)C(=O)N2c2ccccc2)S1. The van der Waals surface area contributed by atoms with Gasteiger partial charge in [-0.3, -0.25) is 9.69 Å². The van der Waals surface area contributed by atoms with Gasteiger partial charge in [-0.1, -0.05) is 54.2 Å². The van der Waals surface area contributed by atoms with Gasteiger partial charge in [0.15, 0.2) is 11.5 Å². The van der Waals surface area contributed by atoms with Crippen molar-refractivity contribution in [3.05, 3.63) is 89.3 Å². The fourth-order valence-corrected chi connectivity index (χ4v) is 6.98. The monoisotopic (exact) mass is 517 g/mol. The van der Waals surface area contributed by atoms with E-state index in [1.165, 1.54) is 30.6 Å². The Morgan fingerprint density at radius 3 is 2.39 bits per heavy atom. The average molecular weight is 518 g/mol. The van der Waals surface area contributed by atoms with E-state index in [1.54, 1.807) is 9.91 Å². The number of para-hydroxylation sites is 2. The van der Waals surface area contributed by atoms with Crippen molar-refractivity contribution in [1.29, 1.82) is 0 Å². The minimum atomic E-state index is -1.12. The van der Waals surface area contributed by atoms with Crippen LogP contribution in [0.1, 0.15) is 5.56 Å². The molecule has 1 fully saturated rings. The number of nitrogens with zero attached hydrogens (tertiary/aromatic N) is 3. The number of esters is 1. The second-order valence-corrected chi connectivity index (χ2v) is 10.5. The molecule has 3 heterocycles. The van der Waals surface area contributed by atoms with Crippen LogP contribution >= 0.6 is 23.5 Å². The molecule has 0 saturated carbocycles. The largest absolute Gasteiger partial charge is 0.464 e. The number of carbonyl (C=O) groups excluding carboxylic acids is 2. The molecule has 1 amide bonds. The van der Waals surface area contributed by atoms with Crippen LogP contribution in [-0.4, -0.2) is 35.1 Å².